The molecule has 0 aliphatic rings. The van der Waals surface area contributed by atoms with Crippen molar-refractivity contribution in [2.45, 2.75) is 33.4 Å². The molecule has 20 heavy (non-hydrogen) atoms. The highest BCUT2D eigenvalue weighted by atomic mass is 19.4. The molecule has 6 heteroatoms. The lowest BCUT2D eigenvalue weighted by Crippen LogP contribution is -2.34. The molecule has 0 saturated heterocycles. The molecule has 0 fully saturated rings. The van der Waals surface area contributed by atoms with E-state index in [0.29, 0.717) is 18.2 Å². The molecule has 0 radical (unpaired) electrons. The van der Waals surface area contributed by atoms with Crippen molar-refractivity contribution in [3.05, 3.63) is 35.1 Å². The van der Waals surface area contributed by atoms with Crippen LogP contribution in [0.2, 0.25) is 0 Å². The first kappa shape index (κ1) is 16.5. The summed E-state index contributed by atoms with van der Waals surface area (Å²) in [5.74, 6) is -1.81. The van der Waals surface area contributed by atoms with Crippen molar-refractivity contribution in [1.82, 2.24) is 5.32 Å². The molecule has 1 amide bonds. The molecule has 1 aromatic carbocycles. The smallest absolute Gasteiger partial charge is 0.351 e. The van der Waals surface area contributed by atoms with Crippen LogP contribution in [0.5, 0.6) is 0 Å². The molecule has 0 aromatic heterocycles. The van der Waals surface area contributed by atoms with E-state index >= 15 is 0 Å². The summed E-state index contributed by atoms with van der Waals surface area (Å²) in [6.45, 7) is 5.99. The lowest BCUT2D eigenvalue weighted by atomic mass is 9.90. The van der Waals surface area contributed by atoms with Gasteiger partial charge in [-0.1, -0.05) is 20.8 Å². The average Bonchev–Trinajstić information content (AvgIpc) is 2.35. The van der Waals surface area contributed by atoms with Crippen molar-refractivity contribution in [3.63, 3.8) is 0 Å². The summed E-state index contributed by atoms with van der Waals surface area (Å²) in [4.78, 5) is 11.8. The van der Waals surface area contributed by atoms with Gasteiger partial charge in [0.05, 0.1) is 11.1 Å². The number of carbonyl (C=O) groups is 1. The van der Waals surface area contributed by atoms with Crippen LogP contribution in [0.25, 0.3) is 0 Å². The summed E-state index contributed by atoms with van der Waals surface area (Å²) in [6, 6.07) is 1.80. The van der Waals surface area contributed by atoms with Gasteiger partial charge in [0.2, 0.25) is 0 Å². The maximum Gasteiger partial charge on any atom is 0.416 e. The van der Waals surface area contributed by atoms with E-state index < -0.39 is 29.0 Å². The molecular formula is C14H17F4NO. The summed E-state index contributed by atoms with van der Waals surface area (Å²) in [5, 5.41) is 2.46. The number of hydrogen-bond acceptors (Lipinski definition) is 1. The lowest BCUT2D eigenvalue weighted by molar-refractivity contribution is -0.137. The molecule has 0 saturated carbocycles. The van der Waals surface area contributed by atoms with Crippen molar-refractivity contribution in [2.24, 2.45) is 5.41 Å². The number of amides is 1. The standard InChI is InChI=1S/C14H17F4NO/c1-4-13(2,3)8-19-12(20)10-7-9(14(16,17)18)5-6-11(10)15/h5-7H,4,8H2,1-3H3,(H,19,20). The third kappa shape index (κ3) is 4.21. The quantitative estimate of drug-likeness (QED) is 0.834. The fourth-order valence-electron chi connectivity index (χ4n) is 1.42. The topological polar surface area (TPSA) is 29.1 Å². The normalized spacial score (nSPS) is 12.3. The maximum atomic E-state index is 13.5. The molecule has 0 unspecified atom stereocenters. The third-order valence-corrected chi connectivity index (χ3v) is 3.22. The zero-order valence-corrected chi connectivity index (χ0v) is 11.6. The first-order valence-corrected chi connectivity index (χ1v) is 6.22. The maximum absolute atomic E-state index is 13.5. The molecule has 0 bridgehead atoms. The Hall–Kier alpha value is -1.59. The summed E-state index contributed by atoms with van der Waals surface area (Å²) in [7, 11) is 0. The monoisotopic (exact) mass is 291 g/mol. The van der Waals surface area contributed by atoms with Crippen LogP contribution in [0.1, 0.15) is 43.1 Å². The number of benzene rings is 1. The number of alkyl halides is 3. The van der Waals surface area contributed by atoms with E-state index in [1.54, 1.807) is 0 Å². The minimum atomic E-state index is -4.61. The molecule has 0 atom stereocenters. The van der Waals surface area contributed by atoms with Gasteiger partial charge >= 0.3 is 6.18 Å². The van der Waals surface area contributed by atoms with Gasteiger partial charge in [0.25, 0.3) is 5.91 Å². The largest absolute Gasteiger partial charge is 0.416 e. The lowest BCUT2D eigenvalue weighted by Gasteiger charge is -2.23. The van der Waals surface area contributed by atoms with Crippen LogP contribution in [-0.4, -0.2) is 12.5 Å². The Balaban J connectivity index is 2.93. The average molecular weight is 291 g/mol. The first-order chi connectivity index (χ1) is 9.07. The predicted molar refractivity (Wildman–Crippen MR) is 67.8 cm³/mol. The zero-order chi connectivity index (χ0) is 15.6. The Labute approximate surface area is 115 Å². The fourth-order valence-corrected chi connectivity index (χ4v) is 1.42. The van der Waals surface area contributed by atoms with Crippen molar-refractivity contribution in [3.8, 4) is 0 Å². The van der Waals surface area contributed by atoms with Gasteiger partial charge in [0, 0.05) is 6.54 Å². The first-order valence-electron chi connectivity index (χ1n) is 6.22. The fraction of sp³-hybridized carbons (Fsp3) is 0.500. The third-order valence-electron chi connectivity index (χ3n) is 3.22. The van der Waals surface area contributed by atoms with E-state index in [4.69, 9.17) is 0 Å². The molecule has 0 aliphatic carbocycles. The van der Waals surface area contributed by atoms with Gasteiger partial charge in [-0.2, -0.15) is 13.2 Å². The van der Waals surface area contributed by atoms with Gasteiger partial charge < -0.3 is 5.32 Å². The van der Waals surface area contributed by atoms with E-state index in [9.17, 15) is 22.4 Å². The molecule has 1 N–H and O–H groups in total. The van der Waals surface area contributed by atoms with Crippen LogP contribution < -0.4 is 5.32 Å². The van der Waals surface area contributed by atoms with Crippen LogP contribution in [0, 0.1) is 11.2 Å². The Bertz CT molecular complexity index is 494. The minimum absolute atomic E-state index is 0.201. The van der Waals surface area contributed by atoms with Crippen LogP contribution in [0.15, 0.2) is 18.2 Å². The van der Waals surface area contributed by atoms with Crippen molar-refractivity contribution >= 4 is 5.91 Å². The van der Waals surface area contributed by atoms with Crippen molar-refractivity contribution in [1.29, 1.82) is 0 Å². The second-order valence-electron chi connectivity index (χ2n) is 5.39. The minimum Gasteiger partial charge on any atom is -0.351 e. The molecule has 1 rings (SSSR count). The summed E-state index contributed by atoms with van der Waals surface area (Å²) >= 11 is 0. The van der Waals surface area contributed by atoms with Crippen LogP contribution in [-0.2, 0) is 6.18 Å². The van der Waals surface area contributed by atoms with E-state index in [0.717, 1.165) is 6.42 Å². The predicted octanol–water partition coefficient (Wildman–Crippen LogP) is 4.01. The van der Waals surface area contributed by atoms with Crippen LogP contribution >= 0.6 is 0 Å². The van der Waals surface area contributed by atoms with E-state index in [1.165, 1.54) is 0 Å². The Morgan fingerprint density at radius 2 is 1.85 bits per heavy atom. The van der Waals surface area contributed by atoms with Crippen molar-refractivity contribution < 1.29 is 22.4 Å². The molecule has 1 aromatic rings. The summed E-state index contributed by atoms with van der Waals surface area (Å²) < 4.78 is 51.1. The van der Waals surface area contributed by atoms with Crippen LogP contribution in [0.4, 0.5) is 17.6 Å². The van der Waals surface area contributed by atoms with E-state index in [-0.39, 0.29) is 12.0 Å². The second-order valence-corrected chi connectivity index (χ2v) is 5.39. The highest BCUT2D eigenvalue weighted by molar-refractivity contribution is 5.94. The molecule has 112 valence electrons. The Kier molecular flexibility index (Phi) is 4.78. The summed E-state index contributed by atoms with van der Waals surface area (Å²) in [6.07, 6.45) is -3.83. The number of halogens is 4. The van der Waals surface area contributed by atoms with Gasteiger partial charge in [-0.05, 0) is 30.0 Å². The molecule has 2 nitrogen and oxygen atoms in total. The highest BCUT2D eigenvalue weighted by Gasteiger charge is 2.32. The number of nitrogens with one attached hydrogen (secondary N) is 1. The van der Waals surface area contributed by atoms with Gasteiger partial charge in [-0.15, -0.1) is 0 Å². The number of carbonyl (C=O) groups excluding carboxylic acids is 1. The Morgan fingerprint density at radius 1 is 1.25 bits per heavy atom. The SMILES string of the molecule is CCC(C)(C)CNC(=O)c1cc(C(F)(F)F)ccc1F. The van der Waals surface area contributed by atoms with Crippen LogP contribution in [0.3, 0.4) is 0 Å². The van der Waals surface area contributed by atoms with E-state index in [1.807, 2.05) is 20.8 Å². The molecule has 0 heterocycles. The molecule has 0 spiro atoms. The van der Waals surface area contributed by atoms with Gasteiger partial charge in [0.15, 0.2) is 0 Å². The number of rotatable bonds is 4. The number of hydrogen-bond donors (Lipinski definition) is 1. The second kappa shape index (κ2) is 5.81. The Morgan fingerprint density at radius 3 is 2.35 bits per heavy atom. The highest BCUT2D eigenvalue weighted by Crippen LogP contribution is 2.30. The van der Waals surface area contributed by atoms with Gasteiger partial charge in [-0.3, -0.25) is 4.79 Å². The molecule has 0 aliphatic heterocycles. The summed E-state index contributed by atoms with van der Waals surface area (Å²) in [5.41, 5.74) is -1.83. The van der Waals surface area contributed by atoms with Gasteiger partial charge in [-0.25, -0.2) is 4.39 Å². The van der Waals surface area contributed by atoms with E-state index in [2.05, 4.69) is 5.32 Å². The van der Waals surface area contributed by atoms with Crippen molar-refractivity contribution in [2.75, 3.05) is 6.54 Å². The van der Waals surface area contributed by atoms with Gasteiger partial charge in [0.1, 0.15) is 5.82 Å². The zero-order valence-electron chi connectivity index (χ0n) is 11.6. The molecular weight excluding hydrogens is 274 g/mol.